The van der Waals surface area contributed by atoms with Crippen LogP contribution in [-0.4, -0.2) is 72.1 Å². The van der Waals surface area contributed by atoms with Crippen molar-refractivity contribution in [2.45, 2.75) is 105 Å². The molecule has 0 aromatic carbocycles. The Morgan fingerprint density at radius 3 is 1.93 bits per heavy atom. The van der Waals surface area contributed by atoms with Gasteiger partial charge in [-0.05, 0) is 108 Å². The molecule has 2 saturated heterocycles. The van der Waals surface area contributed by atoms with E-state index in [-0.39, 0.29) is 0 Å². The predicted molar refractivity (Wildman–Crippen MR) is 124 cm³/mol. The van der Waals surface area contributed by atoms with Crippen molar-refractivity contribution in [2.24, 2.45) is 22.7 Å². The second-order valence-corrected chi connectivity index (χ2v) is 12.6. The molecule has 0 radical (unpaired) electrons. The van der Waals surface area contributed by atoms with Crippen molar-refractivity contribution in [3.8, 4) is 0 Å². The van der Waals surface area contributed by atoms with Gasteiger partial charge >= 0.3 is 0 Å². The fourth-order valence-corrected chi connectivity index (χ4v) is 7.31. The molecule has 0 amide bonds. The van der Waals surface area contributed by atoms with Crippen LogP contribution in [0.1, 0.15) is 86.5 Å². The lowest BCUT2D eigenvalue weighted by molar-refractivity contribution is -0.0545. The summed E-state index contributed by atoms with van der Waals surface area (Å²) in [6.07, 6.45) is 10.4. The predicted octanol–water partition coefficient (Wildman–Crippen LogP) is 5.11. The Balaban J connectivity index is 1.20. The third-order valence-electron chi connectivity index (χ3n) is 9.05. The van der Waals surface area contributed by atoms with Gasteiger partial charge in [0.1, 0.15) is 0 Å². The molecule has 4 aliphatic rings. The SMILES string of the molecule is CC(C)CC1(CN2CCC3(CC2)CC(CN2[C@@H](C)CN(C(C)C)C[C@@H]2C)C3)CC1. The first-order valence-corrected chi connectivity index (χ1v) is 12.9. The topological polar surface area (TPSA) is 9.72 Å². The Hall–Kier alpha value is -0.120. The number of rotatable bonds is 7. The van der Waals surface area contributed by atoms with Crippen molar-refractivity contribution >= 4 is 0 Å². The van der Waals surface area contributed by atoms with Gasteiger partial charge in [0, 0.05) is 44.3 Å². The number of piperazine rings is 1. The Morgan fingerprint density at radius 1 is 0.862 bits per heavy atom. The second kappa shape index (κ2) is 8.43. The lowest BCUT2D eigenvalue weighted by atomic mass is 9.57. The van der Waals surface area contributed by atoms with E-state index in [1.165, 1.54) is 84.2 Å². The zero-order valence-electron chi connectivity index (χ0n) is 20.4. The first-order valence-electron chi connectivity index (χ1n) is 12.9. The molecule has 0 aromatic rings. The fraction of sp³-hybridized carbons (Fsp3) is 1.00. The van der Waals surface area contributed by atoms with Crippen molar-refractivity contribution in [2.75, 3.05) is 39.3 Å². The highest BCUT2D eigenvalue weighted by molar-refractivity contribution is 5.02. The molecule has 3 heteroatoms. The molecule has 2 aliphatic carbocycles. The van der Waals surface area contributed by atoms with Crippen molar-refractivity contribution in [1.29, 1.82) is 0 Å². The smallest absolute Gasteiger partial charge is 0.0198 e. The number of hydrogen-bond donors (Lipinski definition) is 0. The van der Waals surface area contributed by atoms with Crippen LogP contribution in [0.5, 0.6) is 0 Å². The maximum absolute atomic E-state index is 2.84. The average molecular weight is 404 g/mol. The summed E-state index contributed by atoms with van der Waals surface area (Å²) >= 11 is 0. The molecule has 29 heavy (non-hydrogen) atoms. The number of likely N-dealkylation sites (tertiary alicyclic amines) is 1. The molecule has 4 rings (SSSR count). The molecule has 4 fully saturated rings. The van der Waals surface area contributed by atoms with Crippen molar-refractivity contribution < 1.29 is 0 Å². The third kappa shape index (κ3) is 5.04. The van der Waals surface area contributed by atoms with Crippen LogP contribution in [0.2, 0.25) is 0 Å². The lowest BCUT2D eigenvalue weighted by Crippen LogP contribution is -2.60. The van der Waals surface area contributed by atoms with E-state index in [2.05, 4.69) is 56.2 Å². The van der Waals surface area contributed by atoms with Gasteiger partial charge in [-0.2, -0.15) is 0 Å². The zero-order valence-corrected chi connectivity index (χ0v) is 20.4. The minimum absolute atomic E-state index is 0.689. The molecule has 0 bridgehead atoms. The largest absolute Gasteiger partial charge is 0.303 e. The number of piperidine rings is 1. The molecule has 2 atom stereocenters. The normalized spacial score (nSPS) is 33.5. The molecule has 1 spiro atoms. The van der Waals surface area contributed by atoms with E-state index >= 15 is 0 Å². The van der Waals surface area contributed by atoms with Gasteiger partial charge in [0.05, 0.1) is 0 Å². The molecule has 0 aromatic heterocycles. The quantitative estimate of drug-likeness (QED) is 0.585. The van der Waals surface area contributed by atoms with Crippen LogP contribution >= 0.6 is 0 Å². The molecule has 2 aliphatic heterocycles. The van der Waals surface area contributed by atoms with Crippen LogP contribution in [0, 0.1) is 22.7 Å². The zero-order chi connectivity index (χ0) is 20.8. The third-order valence-corrected chi connectivity index (χ3v) is 9.05. The van der Waals surface area contributed by atoms with Crippen molar-refractivity contribution in [1.82, 2.24) is 14.7 Å². The molecular formula is C26H49N3. The molecule has 3 nitrogen and oxygen atoms in total. The van der Waals surface area contributed by atoms with Gasteiger partial charge in [-0.3, -0.25) is 9.80 Å². The maximum atomic E-state index is 2.84. The highest BCUT2D eigenvalue weighted by atomic mass is 15.3. The maximum Gasteiger partial charge on any atom is 0.0198 e. The van der Waals surface area contributed by atoms with Crippen molar-refractivity contribution in [3.05, 3.63) is 0 Å². The Labute approximate surface area is 181 Å². The molecule has 168 valence electrons. The van der Waals surface area contributed by atoms with E-state index in [0.29, 0.717) is 11.5 Å². The van der Waals surface area contributed by atoms with Crippen LogP contribution < -0.4 is 0 Å². The van der Waals surface area contributed by atoms with Crippen LogP contribution in [0.15, 0.2) is 0 Å². The summed E-state index contributed by atoms with van der Waals surface area (Å²) in [4.78, 5) is 8.35. The molecular weight excluding hydrogens is 354 g/mol. The van der Waals surface area contributed by atoms with Gasteiger partial charge in [0.25, 0.3) is 0 Å². The van der Waals surface area contributed by atoms with Gasteiger partial charge < -0.3 is 4.90 Å². The molecule has 0 unspecified atom stereocenters. The number of hydrogen-bond acceptors (Lipinski definition) is 3. The summed E-state index contributed by atoms with van der Waals surface area (Å²) in [6.45, 7) is 22.5. The van der Waals surface area contributed by atoms with E-state index in [1.54, 1.807) is 0 Å². The van der Waals surface area contributed by atoms with Crippen molar-refractivity contribution in [3.63, 3.8) is 0 Å². The summed E-state index contributed by atoms with van der Waals surface area (Å²) in [5.74, 6) is 1.83. The summed E-state index contributed by atoms with van der Waals surface area (Å²) < 4.78 is 0. The van der Waals surface area contributed by atoms with Crippen LogP contribution in [0.25, 0.3) is 0 Å². The number of nitrogens with zero attached hydrogens (tertiary/aromatic N) is 3. The molecule has 0 N–H and O–H groups in total. The lowest BCUT2D eigenvalue weighted by Gasteiger charge is -2.55. The first-order chi connectivity index (χ1) is 13.7. The van der Waals surface area contributed by atoms with Crippen LogP contribution in [0.4, 0.5) is 0 Å². The van der Waals surface area contributed by atoms with Crippen LogP contribution in [-0.2, 0) is 0 Å². The Morgan fingerprint density at radius 2 is 1.45 bits per heavy atom. The van der Waals surface area contributed by atoms with Gasteiger partial charge in [-0.15, -0.1) is 0 Å². The average Bonchev–Trinajstić information content (AvgIpc) is 3.35. The van der Waals surface area contributed by atoms with Gasteiger partial charge in [0.2, 0.25) is 0 Å². The molecule has 2 heterocycles. The summed E-state index contributed by atoms with van der Waals surface area (Å²) in [6, 6.07) is 2.12. The van der Waals surface area contributed by atoms with E-state index in [4.69, 9.17) is 0 Å². The Kier molecular flexibility index (Phi) is 6.42. The summed E-state index contributed by atoms with van der Waals surface area (Å²) in [5, 5.41) is 0. The standard InChI is InChI=1S/C26H49N3/c1-20(2)13-26(7-8-26)19-27-11-9-25(10-12-27)14-24(15-25)18-29-22(5)16-28(21(3)4)17-23(29)6/h20-24H,7-19H2,1-6H3/t22-,23-/m0/s1. The van der Waals surface area contributed by atoms with E-state index < -0.39 is 0 Å². The van der Waals surface area contributed by atoms with Gasteiger partial charge in [-0.25, -0.2) is 0 Å². The fourth-order valence-electron chi connectivity index (χ4n) is 7.31. The minimum Gasteiger partial charge on any atom is -0.303 e. The summed E-state index contributed by atoms with van der Waals surface area (Å²) in [5.41, 5.74) is 1.44. The van der Waals surface area contributed by atoms with E-state index in [1.807, 2.05) is 0 Å². The molecule has 2 saturated carbocycles. The first kappa shape index (κ1) is 22.1. The summed E-state index contributed by atoms with van der Waals surface area (Å²) in [7, 11) is 0. The van der Waals surface area contributed by atoms with E-state index in [9.17, 15) is 0 Å². The monoisotopic (exact) mass is 403 g/mol. The minimum atomic E-state index is 0.689. The highest BCUT2D eigenvalue weighted by Crippen LogP contribution is 2.55. The van der Waals surface area contributed by atoms with E-state index in [0.717, 1.165) is 29.3 Å². The highest BCUT2D eigenvalue weighted by Gasteiger charge is 2.49. The van der Waals surface area contributed by atoms with Gasteiger partial charge in [0.15, 0.2) is 0 Å². The Bertz CT molecular complexity index is 524. The van der Waals surface area contributed by atoms with Gasteiger partial charge in [-0.1, -0.05) is 13.8 Å². The van der Waals surface area contributed by atoms with Crippen LogP contribution in [0.3, 0.4) is 0 Å². The second-order valence-electron chi connectivity index (χ2n) is 12.6.